The van der Waals surface area contributed by atoms with Crippen molar-refractivity contribution >= 4 is 17.3 Å². The molecule has 1 aromatic heterocycles. The fourth-order valence-corrected chi connectivity index (χ4v) is 5.25. The zero-order valence-electron chi connectivity index (χ0n) is 18.9. The molecule has 1 atom stereocenters. The van der Waals surface area contributed by atoms with Crippen LogP contribution in [0.15, 0.2) is 10.4 Å². The van der Waals surface area contributed by atoms with Crippen LogP contribution >= 0.6 is 11.3 Å². The van der Waals surface area contributed by atoms with E-state index < -0.39 is 0 Å². The summed E-state index contributed by atoms with van der Waals surface area (Å²) >= 11 is 1.76. The van der Waals surface area contributed by atoms with Crippen LogP contribution in [0.2, 0.25) is 0 Å². The Morgan fingerprint density at radius 2 is 1.97 bits per heavy atom. The SMILES string of the molecule is CCNC(=NCC1CCN(Cc2csc(C)n2)CC1)N1CCC(N(CC)CC)C1. The lowest BCUT2D eigenvalue weighted by Crippen LogP contribution is -2.43. The van der Waals surface area contributed by atoms with E-state index in [1.54, 1.807) is 11.3 Å². The number of hydrogen-bond acceptors (Lipinski definition) is 5. The zero-order chi connectivity index (χ0) is 20.6. The van der Waals surface area contributed by atoms with Crippen molar-refractivity contribution in [1.82, 2.24) is 25.0 Å². The Hall–Kier alpha value is -1.18. The second-order valence-corrected chi connectivity index (χ2v) is 9.44. The molecule has 6 nitrogen and oxygen atoms in total. The molecule has 3 heterocycles. The lowest BCUT2D eigenvalue weighted by molar-refractivity contribution is 0.179. The summed E-state index contributed by atoms with van der Waals surface area (Å²) in [5, 5.41) is 6.92. The van der Waals surface area contributed by atoms with Crippen molar-refractivity contribution in [2.24, 2.45) is 10.9 Å². The van der Waals surface area contributed by atoms with Crippen molar-refractivity contribution in [1.29, 1.82) is 0 Å². The number of hydrogen-bond donors (Lipinski definition) is 1. The Morgan fingerprint density at radius 3 is 2.59 bits per heavy atom. The van der Waals surface area contributed by atoms with Crippen molar-refractivity contribution in [2.45, 2.75) is 59.5 Å². The number of nitrogens with one attached hydrogen (secondary N) is 1. The predicted octanol–water partition coefficient (Wildman–Crippen LogP) is 3.05. The third-order valence-electron chi connectivity index (χ3n) is 6.39. The van der Waals surface area contributed by atoms with Gasteiger partial charge in [-0.15, -0.1) is 11.3 Å². The highest BCUT2D eigenvalue weighted by atomic mass is 32.1. The fraction of sp³-hybridized carbons (Fsp3) is 0.818. The van der Waals surface area contributed by atoms with Crippen molar-refractivity contribution in [3.63, 3.8) is 0 Å². The molecule has 2 fully saturated rings. The average Bonchev–Trinajstić information content (AvgIpc) is 3.37. The number of aryl methyl sites for hydroxylation is 1. The minimum Gasteiger partial charge on any atom is -0.357 e. The smallest absolute Gasteiger partial charge is 0.193 e. The van der Waals surface area contributed by atoms with Crippen LogP contribution in [0.4, 0.5) is 0 Å². The van der Waals surface area contributed by atoms with Gasteiger partial charge in [0.15, 0.2) is 5.96 Å². The van der Waals surface area contributed by atoms with Crippen LogP contribution in [0.1, 0.15) is 50.7 Å². The summed E-state index contributed by atoms with van der Waals surface area (Å²) in [6, 6.07) is 0.673. The molecule has 3 rings (SSSR count). The lowest BCUT2D eigenvalue weighted by Gasteiger charge is -2.31. The van der Waals surface area contributed by atoms with Gasteiger partial charge < -0.3 is 10.2 Å². The molecule has 0 bridgehead atoms. The third-order valence-corrected chi connectivity index (χ3v) is 7.21. The van der Waals surface area contributed by atoms with Crippen molar-refractivity contribution in [3.05, 3.63) is 16.1 Å². The first-order chi connectivity index (χ1) is 14.1. The third kappa shape index (κ3) is 6.40. The van der Waals surface area contributed by atoms with Gasteiger partial charge in [0.05, 0.1) is 10.7 Å². The van der Waals surface area contributed by atoms with Crippen LogP contribution in [-0.2, 0) is 6.54 Å². The van der Waals surface area contributed by atoms with Gasteiger partial charge in [0.1, 0.15) is 0 Å². The first-order valence-electron chi connectivity index (χ1n) is 11.5. The Labute approximate surface area is 181 Å². The van der Waals surface area contributed by atoms with Crippen LogP contribution in [0.25, 0.3) is 0 Å². The van der Waals surface area contributed by atoms with Gasteiger partial charge in [-0.05, 0) is 65.2 Å². The van der Waals surface area contributed by atoms with E-state index in [4.69, 9.17) is 4.99 Å². The van der Waals surface area contributed by atoms with E-state index in [9.17, 15) is 0 Å². The van der Waals surface area contributed by atoms with Crippen LogP contribution in [0.3, 0.4) is 0 Å². The molecule has 0 radical (unpaired) electrons. The summed E-state index contributed by atoms with van der Waals surface area (Å²) in [6.07, 6.45) is 3.74. The number of guanidine groups is 1. The first-order valence-corrected chi connectivity index (χ1v) is 12.4. The van der Waals surface area contributed by atoms with Crippen LogP contribution < -0.4 is 5.32 Å². The summed E-state index contributed by atoms with van der Waals surface area (Å²) in [6.45, 7) is 18.6. The number of aliphatic imine (C=N–C) groups is 1. The molecule has 0 saturated carbocycles. The Bertz CT molecular complexity index is 633. The van der Waals surface area contributed by atoms with E-state index in [0.717, 1.165) is 51.8 Å². The van der Waals surface area contributed by atoms with Crippen LogP contribution in [0, 0.1) is 12.8 Å². The number of thiazole rings is 1. The maximum absolute atomic E-state index is 5.06. The Kier molecular flexibility index (Phi) is 8.75. The molecular weight excluding hydrogens is 380 g/mol. The molecule has 1 unspecified atom stereocenters. The van der Waals surface area contributed by atoms with Gasteiger partial charge in [0.2, 0.25) is 0 Å². The topological polar surface area (TPSA) is 47.0 Å². The highest BCUT2D eigenvalue weighted by Crippen LogP contribution is 2.21. The number of nitrogens with zero attached hydrogens (tertiary/aromatic N) is 5. The summed E-state index contributed by atoms with van der Waals surface area (Å²) in [7, 11) is 0. The number of likely N-dealkylation sites (N-methyl/N-ethyl adjacent to an activating group) is 1. The predicted molar refractivity (Wildman–Crippen MR) is 124 cm³/mol. The lowest BCUT2D eigenvalue weighted by atomic mass is 9.97. The maximum atomic E-state index is 5.06. The molecule has 0 aliphatic carbocycles. The Morgan fingerprint density at radius 1 is 1.21 bits per heavy atom. The molecule has 2 aliphatic rings. The Balaban J connectivity index is 1.47. The van der Waals surface area contributed by atoms with Crippen molar-refractivity contribution in [3.8, 4) is 0 Å². The van der Waals surface area contributed by atoms with E-state index in [-0.39, 0.29) is 0 Å². The normalized spacial score (nSPS) is 22.0. The van der Waals surface area contributed by atoms with Gasteiger partial charge >= 0.3 is 0 Å². The van der Waals surface area contributed by atoms with E-state index in [0.29, 0.717) is 12.0 Å². The van der Waals surface area contributed by atoms with Crippen molar-refractivity contribution in [2.75, 3.05) is 52.4 Å². The first kappa shape index (κ1) is 22.5. The average molecular weight is 421 g/mol. The number of piperidine rings is 1. The molecule has 164 valence electrons. The van der Waals surface area contributed by atoms with Gasteiger partial charge in [0.25, 0.3) is 0 Å². The minimum atomic E-state index is 0.673. The molecule has 7 heteroatoms. The van der Waals surface area contributed by atoms with Gasteiger partial charge in [0, 0.05) is 44.1 Å². The summed E-state index contributed by atoms with van der Waals surface area (Å²) in [5.74, 6) is 1.83. The monoisotopic (exact) mass is 420 g/mol. The maximum Gasteiger partial charge on any atom is 0.193 e. The van der Waals surface area contributed by atoms with Gasteiger partial charge in [-0.2, -0.15) is 0 Å². The highest BCUT2D eigenvalue weighted by Gasteiger charge is 2.28. The summed E-state index contributed by atoms with van der Waals surface area (Å²) in [5.41, 5.74) is 1.23. The standard InChI is InChI=1S/C22H40N6S/c1-5-23-22(28-13-10-21(16-28)27(6-2)7-3)24-14-19-8-11-26(12-9-19)15-20-17-29-18(4)25-20/h17,19,21H,5-16H2,1-4H3,(H,23,24). The molecule has 0 amide bonds. The minimum absolute atomic E-state index is 0.673. The van der Waals surface area contributed by atoms with Crippen LogP contribution in [-0.4, -0.2) is 84.0 Å². The summed E-state index contributed by atoms with van der Waals surface area (Å²) in [4.78, 5) is 17.3. The van der Waals surface area contributed by atoms with Gasteiger partial charge in [-0.1, -0.05) is 13.8 Å². The second kappa shape index (κ2) is 11.3. The zero-order valence-corrected chi connectivity index (χ0v) is 19.7. The van der Waals surface area contributed by atoms with Crippen molar-refractivity contribution < 1.29 is 0 Å². The van der Waals surface area contributed by atoms with Gasteiger partial charge in [-0.3, -0.25) is 14.8 Å². The quantitative estimate of drug-likeness (QED) is 0.517. The molecule has 1 aromatic rings. The fourth-order valence-electron chi connectivity index (χ4n) is 4.65. The molecule has 2 saturated heterocycles. The molecule has 29 heavy (non-hydrogen) atoms. The number of aromatic nitrogens is 1. The summed E-state index contributed by atoms with van der Waals surface area (Å²) < 4.78 is 0. The molecule has 2 aliphatic heterocycles. The largest absolute Gasteiger partial charge is 0.357 e. The van der Waals surface area contributed by atoms with Crippen LogP contribution in [0.5, 0.6) is 0 Å². The second-order valence-electron chi connectivity index (χ2n) is 8.38. The molecular formula is C22H40N6S. The molecule has 0 spiro atoms. The molecule has 1 N–H and O–H groups in total. The molecule has 0 aromatic carbocycles. The van der Waals surface area contributed by atoms with Gasteiger partial charge in [-0.25, -0.2) is 4.98 Å². The van der Waals surface area contributed by atoms with E-state index in [2.05, 4.69) is 58.1 Å². The highest BCUT2D eigenvalue weighted by molar-refractivity contribution is 7.09. The number of likely N-dealkylation sites (tertiary alicyclic amines) is 2. The van der Waals surface area contributed by atoms with E-state index >= 15 is 0 Å². The number of rotatable bonds is 8. The van der Waals surface area contributed by atoms with E-state index in [1.165, 1.54) is 43.1 Å². The van der Waals surface area contributed by atoms with E-state index in [1.807, 2.05) is 0 Å².